The van der Waals surface area contributed by atoms with Crippen molar-refractivity contribution in [3.8, 4) is 5.75 Å². The fourth-order valence-corrected chi connectivity index (χ4v) is 5.80. The highest BCUT2D eigenvalue weighted by Gasteiger charge is 2.32. The first-order chi connectivity index (χ1) is 20.9. The summed E-state index contributed by atoms with van der Waals surface area (Å²) in [6.45, 7) is 2.03. The molecule has 3 amide bonds. The van der Waals surface area contributed by atoms with E-state index in [0.29, 0.717) is 28.3 Å². The zero-order chi connectivity index (χ0) is 31.9. The van der Waals surface area contributed by atoms with Crippen LogP contribution in [0.2, 0.25) is 0 Å². The molecule has 2 unspecified atom stereocenters. The van der Waals surface area contributed by atoms with Gasteiger partial charge in [0.2, 0.25) is 15.9 Å². The van der Waals surface area contributed by atoms with E-state index >= 15 is 0 Å². The van der Waals surface area contributed by atoms with Gasteiger partial charge in [0.15, 0.2) is 5.37 Å². The number of urea groups is 1. The Bertz CT molecular complexity index is 1660. The van der Waals surface area contributed by atoms with Gasteiger partial charge < -0.3 is 30.7 Å². The number of carboxylic acids is 1. The molecule has 15 heteroatoms. The summed E-state index contributed by atoms with van der Waals surface area (Å²) in [4.78, 5) is 46.4. The first-order valence-electron chi connectivity index (χ1n) is 13.5. The van der Waals surface area contributed by atoms with Gasteiger partial charge in [0.1, 0.15) is 11.6 Å². The molecule has 0 radical (unpaired) electrons. The molecule has 0 aliphatic carbocycles. The minimum Gasteiger partial charge on any atom is -0.495 e. The van der Waals surface area contributed by atoms with Crippen molar-refractivity contribution in [1.29, 1.82) is 0 Å². The number of aromatic nitrogens is 1. The molecule has 44 heavy (non-hydrogen) atoms. The lowest BCUT2D eigenvalue weighted by atomic mass is 10.1. The second-order valence-corrected chi connectivity index (χ2v) is 12.0. The number of carboxylic acid groups (broad SMARTS) is 1. The molecule has 0 bridgehead atoms. The van der Waals surface area contributed by atoms with Crippen molar-refractivity contribution < 1.29 is 32.6 Å². The van der Waals surface area contributed by atoms with E-state index in [4.69, 9.17) is 4.74 Å². The van der Waals surface area contributed by atoms with Gasteiger partial charge in [0.25, 0.3) is 0 Å². The Hall–Kier alpha value is -5.02. The number of carbonyl (C=O) groups excluding carboxylic acids is 2. The Kier molecular flexibility index (Phi) is 10.1. The number of hydrogen-bond acceptors (Lipinski definition) is 9. The summed E-state index contributed by atoms with van der Waals surface area (Å²) in [5.74, 6) is -1.04. The molecule has 2 heterocycles. The van der Waals surface area contributed by atoms with Gasteiger partial charge in [-0.3, -0.25) is 14.6 Å². The Morgan fingerprint density at radius 1 is 1.07 bits per heavy atom. The van der Waals surface area contributed by atoms with Crippen LogP contribution in [0.25, 0.3) is 0 Å². The third kappa shape index (κ3) is 8.52. The third-order valence-corrected chi connectivity index (χ3v) is 8.25. The number of aliphatic imine (C=N–C) groups is 1. The number of aryl methyl sites for hydroxylation is 1. The maximum Gasteiger partial charge on any atom is 0.323 e. The maximum atomic E-state index is 12.8. The molecule has 4 rings (SSSR count). The number of methoxy groups -OCH3 is 1. The van der Waals surface area contributed by atoms with Crippen molar-refractivity contribution in [2.75, 3.05) is 36.7 Å². The molecule has 5 N–H and O–H groups in total. The van der Waals surface area contributed by atoms with E-state index in [1.54, 1.807) is 36.2 Å². The zero-order valence-electron chi connectivity index (χ0n) is 24.3. The topological polar surface area (TPSA) is 191 Å². The maximum absolute atomic E-state index is 12.8. The molecule has 0 spiro atoms. The molecule has 1 aliphatic rings. The van der Waals surface area contributed by atoms with Gasteiger partial charge in [0, 0.05) is 18.9 Å². The number of sulfonamides is 1. The van der Waals surface area contributed by atoms with Crippen LogP contribution in [0.5, 0.6) is 5.75 Å². The molecule has 1 aliphatic heterocycles. The van der Waals surface area contributed by atoms with Gasteiger partial charge >= 0.3 is 12.0 Å². The van der Waals surface area contributed by atoms with Gasteiger partial charge in [-0.1, -0.05) is 30.3 Å². The highest BCUT2D eigenvalue weighted by molar-refractivity contribution is 7.90. The SMILES string of the molecule is COc1cc(CC(=O)Nc2ccc(C(CC(=O)O)NS(=O)(=O)C3CN(C)C=N3)cn2)ccc1NC(=O)Nc1ccccc1C. The van der Waals surface area contributed by atoms with E-state index in [9.17, 15) is 27.9 Å². The van der Waals surface area contributed by atoms with Gasteiger partial charge in [-0.25, -0.2) is 22.9 Å². The number of hydrogen-bond donors (Lipinski definition) is 5. The summed E-state index contributed by atoms with van der Waals surface area (Å²) in [7, 11) is -0.835. The molecule has 0 saturated heterocycles. The van der Waals surface area contributed by atoms with Crippen LogP contribution in [0.15, 0.2) is 65.8 Å². The minimum absolute atomic E-state index is 0.0345. The Labute approximate surface area is 254 Å². The standard InChI is InChI=1S/C29H33N7O7S/c1-18-6-4-5-7-21(18)32-29(40)33-22-10-8-19(12-24(22)43-3)13-26(37)34-25-11-9-20(15-30-25)23(14-28(38)39)35-44(41,42)27-16-36(2)17-31-27/h4-12,15,17,23,27,35H,13-14,16H2,1-3H3,(H,38,39)(H,30,34,37)(H2,32,33,40). The number of ether oxygens (including phenoxy) is 1. The lowest BCUT2D eigenvalue weighted by Crippen LogP contribution is -2.39. The lowest BCUT2D eigenvalue weighted by Gasteiger charge is -2.20. The fourth-order valence-electron chi connectivity index (χ4n) is 4.38. The van der Waals surface area contributed by atoms with Gasteiger partial charge in [-0.2, -0.15) is 0 Å². The van der Waals surface area contributed by atoms with Crippen LogP contribution in [-0.4, -0.2) is 73.7 Å². The zero-order valence-corrected chi connectivity index (χ0v) is 25.1. The summed E-state index contributed by atoms with van der Waals surface area (Å²) in [5.41, 5.74) is 2.91. The normalized spacial score (nSPS) is 15.0. The summed E-state index contributed by atoms with van der Waals surface area (Å²) in [5, 5.41) is 16.5. The molecule has 0 saturated carbocycles. The van der Waals surface area contributed by atoms with E-state index in [0.717, 1.165) is 5.56 Å². The van der Waals surface area contributed by atoms with Crippen LogP contribution in [0.3, 0.4) is 0 Å². The van der Waals surface area contributed by atoms with Crippen LogP contribution in [0, 0.1) is 6.92 Å². The van der Waals surface area contributed by atoms with Gasteiger partial charge in [-0.05, 0) is 47.9 Å². The van der Waals surface area contributed by atoms with Crippen molar-refractivity contribution in [2.24, 2.45) is 4.99 Å². The van der Waals surface area contributed by atoms with Crippen LogP contribution in [0.4, 0.5) is 22.0 Å². The summed E-state index contributed by atoms with van der Waals surface area (Å²) < 4.78 is 33.4. The lowest BCUT2D eigenvalue weighted by molar-refractivity contribution is -0.137. The first-order valence-corrected chi connectivity index (χ1v) is 15.0. The number of carbonyl (C=O) groups is 3. The molecular weight excluding hydrogens is 590 g/mol. The number of para-hydroxylation sites is 1. The van der Waals surface area contributed by atoms with E-state index in [2.05, 4.69) is 30.6 Å². The molecular formula is C29H33N7O7S. The quantitative estimate of drug-likeness (QED) is 0.202. The number of pyridine rings is 1. The van der Waals surface area contributed by atoms with Gasteiger partial charge in [0.05, 0.1) is 44.6 Å². The molecule has 2 atom stereocenters. The summed E-state index contributed by atoms with van der Waals surface area (Å²) in [6, 6.07) is 13.7. The predicted molar refractivity (Wildman–Crippen MR) is 165 cm³/mol. The third-order valence-electron chi connectivity index (χ3n) is 6.65. The average molecular weight is 624 g/mol. The van der Waals surface area contributed by atoms with Crippen LogP contribution in [-0.2, 0) is 26.0 Å². The average Bonchev–Trinajstić information content (AvgIpc) is 3.42. The predicted octanol–water partition coefficient (Wildman–Crippen LogP) is 2.96. The number of anilines is 3. The number of benzene rings is 2. The van der Waals surface area contributed by atoms with E-state index < -0.39 is 45.8 Å². The number of likely N-dealkylation sites (N-methyl/N-ethyl adjacent to an activating group) is 1. The van der Waals surface area contributed by atoms with E-state index in [1.807, 2.05) is 25.1 Å². The smallest absolute Gasteiger partial charge is 0.323 e. The molecule has 1 aromatic heterocycles. The molecule has 232 valence electrons. The van der Waals surface area contributed by atoms with Crippen molar-refractivity contribution in [3.05, 3.63) is 77.5 Å². The molecule has 2 aromatic carbocycles. The van der Waals surface area contributed by atoms with Crippen molar-refractivity contribution in [3.63, 3.8) is 0 Å². The minimum atomic E-state index is -3.97. The highest BCUT2D eigenvalue weighted by Crippen LogP contribution is 2.27. The largest absolute Gasteiger partial charge is 0.495 e. The number of rotatable bonds is 12. The monoisotopic (exact) mass is 623 g/mol. The fraction of sp³-hybridized carbons (Fsp3) is 0.276. The molecule has 14 nitrogen and oxygen atoms in total. The van der Waals surface area contributed by atoms with Crippen molar-refractivity contribution in [2.45, 2.75) is 31.2 Å². The second-order valence-electron chi connectivity index (χ2n) is 10.1. The summed E-state index contributed by atoms with van der Waals surface area (Å²) >= 11 is 0. The Balaban J connectivity index is 1.37. The second kappa shape index (κ2) is 14.0. The van der Waals surface area contributed by atoms with Crippen LogP contribution in [0.1, 0.15) is 29.2 Å². The van der Waals surface area contributed by atoms with Crippen LogP contribution >= 0.6 is 0 Å². The van der Waals surface area contributed by atoms with Gasteiger partial charge in [-0.15, -0.1) is 0 Å². The number of aliphatic carboxylic acids is 1. The first kappa shape index (κ1) is 31.9. The molecule has 0 fully saturated rings. The van der Waals surface area contributed by atoms with Crippen molar-refractivity contribution >= 4 is 51.5 Å². The molecule has 3 aromatic rings. The number of nitrogens with one attached hydrogen (secondary N) is 4. The summed E-state index contributed by atoms with van der Waals surface area (Å²) in [6.07, 6.45) is 2.16. The Morgan fingerprint density at radius 2 is 1.82 bits per heavy atom. The highest BCUT2D eigenvalue weighted by atomic mass is 32.2. The number of nitrogens with zero attached hydrogens (tertiary/aromatic N) is 3. The van der Waals surface area contributed by atoms with E-state index in [-0.39, 0.29) is 18.8 Å². The Morgan fingerprint density at radius 3 is 2.45 bits per heavy atom. The van der Waals surface area contributed by atoms with E-state index in [1.165, 1.54) is 31.8 Å². The van der Waals surface area contributed by atoms with Crippen molar-refractivity contribution in [1.82, 2.24) is 14.6 Å². The number of amides is 3. The van der Waals surface area contributed by atoms with Crippen LogP contribution < -0.4 is 25.4 Å².